The van der Waals surface area contributed by atoms with Crippen LogP contribution in [0, 0.1) is 20.8 Å². The molecule has 0 bridgehead atoms. The minimum absolute atomic E-state index is 0.152. The number of thioether (sulfide) groups is 1. The molecule has 2 rings (SSSR count). The molecule has 1 aromatic heterocycles. The molecule has 6 nitrogen and oxygen atoms in total. The average Bonchev–Trinajstić information content (AvgIpc) is 2.58. The summed E-state index contributed by atoms with van der Waals surface area (Å²) in [5.74, 6) is -0.542. The number of hydrogen-bond donors (Lipinski definition) is 1. The minimum atomic E-state index is -0.459. The largest absolute Gasteiger partial charge is 0.462 e. The van der Waals surface area contributed by atoms with Crippen LogP contribution in [0.5, 0.6) is 0 Å². The van der Waals surface area contributed by atoms with Gasteiger partial charge in [0.05, 0.1) is 23.6 Å². The van der Waals surface area contributed by atoms with E-state index in [1.807, 2.05) is 20.8 Å². The van der Waals surface area contributed by atoms with Crippen molar-refractivity contribution in [2.75, 3.05) is 17.7 Å². The minimum Gasteiger partial charge on any atom is -0.462 e. The van der Waals surface area contributed by atoms with E-state index in [4.69, 9.17) is 4.74 Å². The normalized spacial score (nSPS) is 10.4. The number of nitrogens with one attached hydrogen (secondary N) is 1. The quantitative estimate of drug-likeness (QED) is 0.484. The molecule has 25 heavy (non-hydrogen) atoms. The van der Waals surface area contributed by atoms with Gasteiger partial charge in [0.2, 0.25) is 5.91 Å². The summed E-state index contributed by atoms with van der Waals surface area (Å²) in [5.41, 5.74) is 3.63. The van der Waals surface area contributed by atoms with E-state index in [9.17, 15) is 9.59 Å². The monoisotopic (exact) mass is 359 g/mol. The molecule has 2 aromatic rings. The van der Waals surface area contributed by atoms with Crippen LogP contribution in [-0.4, -0.2) is 34.2 Å². The Labute approximate surface area is 151 Å². The molecule has 1 heterocycles. The highest BCUT2D eigenvalue weighted by Crippen LogP contribution is 2.19. The zero-order valence-electron chi connectivity index (χ0n) is 14.8. The molecule has 0 unspecified atom stereocenters. The number of para-hydroxylation sites is 1. The zero-order chi connectivity index (χ0) is 18.4. The van der Waals surface area contributed by atoms with Crippen LogP contribution in [-0.2, 0) is 9.53 Å². The van der Waals surface area contributed by atoms with Gasteiger partial charge in [-0.1, -0.05) is 23.9 Å². The summed E-state index contributed by atoms with van der Waals surface area (Å²) in [6.07, 6.45) is 0. The SMILES string of the molecule is CCOC(=O)c1ccccc1NC(=O)CSc1nc(C)c(C)c(C)n1. The fourth-order valence-electron chi connectivity index (χ4n) is 2.10. The molecular weight excluding hydrogens is 338 g/mol. The van der Waals surface area contributed by atoms with Crippen molar-refractivity contribution in [2.45, 2.75) is 32.9 Å². The lowest BCUT2D eigenvalue weighted by Crippen LogP contribution is -2.17. The lowest BCUT2D eigenvalue weighted by molar-refractivity contribution is -0.113. The lowest BCUT2D eigenvalue weighted by Gasteiger charge is -2.10. The summed E-state index contributed by atoms with van der Waals surface area (Å²) in [4.78, 5) is 32.9. The predicted molar refractivity (Wildman–Crippen MR) is 98.0 cm³/mol. The number of amides is 1. The van der Waals surface area contributed by atoms with Crippen molar-refractivity contribution in [3.8, 4) is 0 Å². The predicted octanol–water partition coefficient (Wildman–Crippen LogP) is 3.31. The number of anilines is 1. The van der Waals surface area contributed by atoms with Gasteiger partial charge in [-0.3, -0.25) is 4.79 Å². The first-order valence-electron chi connectivity index (χ1n) is 7.93. The summed E-state index contributed by atoms with van der Waals surface area (Å²) in [7, 11) is 0. The first-order valence-corrected chi connectivity index (χ1v) is 8.91. The van der Waals surface area contributed by atoms with Gasteiger partial charge in [0.15, 0.2) is 5.16 Å². The van der Waals surface area contributed by atoms with Gasteiger partial charge in [-0.05, 0) is 45.4 Å². The number of ether oxygens (including phenoxy) is 1. The molecule has 132 valence electrons. The van der Waals surface area contributed by atoms with Gasteiger partial charge >= 0.3 is 5.97 Å². The zero-order valence-corrected chi connectivity index (χ0v) is 15.6. The van der Waals surface area contributed by atoms with Gasteiger partial charge < -0.3 is 10.1 Å². The first kappa shape index (κ1) is 18.9. The molecule has 7 heteroatoms. The second-order valence-corrected chi connectivity index (χ2v) is 6.35. The van der Waals surface area contributed by atoms with Crippen molar-refractivity contribution >= 4 is 29.3 Å². The molecule has 0 saturated heterocycles. The summed E-state index contributed by atoms with van der Waals surface area (Å²) in [5, 5.41) is 3.31. The van der Waals surface area contributed by atoms with E-state index >= 15 is 0 Å². The Morgan fingerprint density at radius 2 is 1.76 bits per heavy atom. The molecule has 0 aliphatic heterocycles. The van der Waals surface area contributed by atoms with E-state index < -0.39 is 5.97 Å². The Bertz CT molecular complexity index is 770. The number of hydrogen-bond acceptors (Lipinski definition) is 6. The summed E-state index contributed by atoms with van der Waals surface area (Å²) in [6.45, 7) is 7.83. The molecule has 0 aliphatic carbocycles. The van der Waals surface area contributed by atoms with Gasteiger partial charge in [0.25, 0.3) is 0 Å². The van der Waals surface area contributed by atoms with Crippen molar-refractivity contribution < 1.29 is 14.3 Å². The van der Waals surface area contributed by atoms with Crippen LogP contribution in [0.25, 0.3) is 0 Å². The third-order valence-corrected chi connectivity index (χ3v) is 4.49. The highest BCUT2D eigenvalue weighted by Gasteiger charge is 2.14. The van der Waals surface area contributed by atoms with Crippen LogP contribution in [0.3, 0.4) is 0 Å². The average molecular weight is 359 g/mol. The van der Waals surface area contributed by atoms with Gasteiger partial charge in [-0.15, -0.1) is 0 Å². The standard InChI is InChI=1S/C18H21N3O3S/c1-5-24-17(23)14-8-6-7-9-15(14)21-16(22)10-25-18-19-12(3)11(2)13(4)20-18/h6-9H,5,10H2,1-4H3,(H,21,22). The topological polar surface area (TPSA) is 81.2 Å². The number of aryl methyl sites for hydroxylation is 2. The fraction of sp³-hybridized carbons (Fsp3) is 0.333. The van der Waals surface area contributed by atoms with Crippen molar-refractivity contribution in [3.63, 3.8) is 0 Å². The third kappa shape index (κ3) is 5.03. The van der Waals surface area contributed by atoms with Crippen molar-refractivity contribution in [3.05, 3.63) is 46.8 Å². The molecule has 1 amide bonds. The van der Waals surface area contributed by atoms with Crippen LogP contribution in [0.4, 0.5) is 5.69 Å². The third-order valence-electron chi connectivity index (χ3n) is 3.64. The van der Waals surface area contributed by atoms with E-state index in [0.29, 0.717) is 16.4 Å². The van der Waals surface area contributed by atoms with Crippen molar-refractivity contribution in [2.24, 2.45) is 0 Å². The van der Waals surface area contributed by atoms with Gasteiger partial charge in [0.1, 0.15) is 0 Å². The molecule has 0 spiro atoms. The molecule has 0 saturated carbocycles. The van der Waals surface area contributed by atoms with Gasteiger partial charge in [-0.2, -0.15) is 0 Å². The Balaban J connectivity index is 2.03. The van der Waals surface area contributed by atoms with Crippen molar-refractivity contribution in [1.82, 2.24) is 9.97 Å². The number of nitrogens with zero attached hydrogens (tertiary/aromatic N) is 2. The van der Waals surface area contributed by atoms with Crippen LogP contribution >= 0.6 is 11.8 Å². The van der Waals surface area contributed by atoms with Crippen LogP contribution < -0.4 is 5.32 Å². The Morgan fingerprint density at radius 3 is 2.40 bits per heavy atom. The molecule has 0 aliphatic rings. The summed E-state index contributed by atoms with van der Waals surface area (Å²) >= 11 is 1.26. The second-order valence-electron chi connectivity index (χ2n) is 5.40. The Hall–Kier alpha value is -2.41. The molecular formula is C18H21N3O3S. The molecule has 1 aromatic carbocycles. The highest BCUT2D eigenvalue weighted by atomic mass is 32.2. The number of carbonyl (C=O) groups excluding carboxylic acids is 2. The lowest BCUT2D eigenvalue weighted by atomic mass is 10.2. The number of benzene rings is 1. The van der Waals surface area contributed by atoms with E-state index in [0.717, 1.165) is 17.0 Å². The maximum absolute atomic E-state index is 12.2. The molecule has 0 fully saturated rings. The number of esters is 1. The molecule has 0 radical (unpaired) electrons. The van der Waals surface area contributed by atoms with E-state index in [2.05, 4.69) is 15.3 Å². The van der Waals surface area contributed by atoms with Crippen molar-refractivity contribution in [1.29, 1.82) is 0 Å². The van der Waals surface area contributed by atoms with Crippen LogP contribution in [0.2, 0.25) is 0 Å². The Kier molecular flexibility index (Phi) is 6.52. The number of rotatable bonds is 6. The number of aromatic nitrogens is 2. The fourth-order valence-corrected chi connectivity index (χ4v) is 2.84. The maximum atomic E-state index is 12.2. The number of carbonyl (C=O) groups is 2. The highest BCUT2D eigenvalue weighted by molar-refractivity contribution is 7.99. The maximum Gasteiger partial charge on any atom is 0.340 e. The second kappa shape index (κ2) is 8.62. The Morgan fingerprint density at radius 1 is 1.12 bits per heavy atom. The summed E-state index contributed by atoms with van der Waals surface area (Å²) < 4.78 is 5.00. The van der Waals surface area contributed by atoms with Crippen LogP contribution in [0.15, 0.2) is 29.4 Å². The van der Waals surface area contributed by atoms with Gasteiger partial charge in [0, 0.05) is 11.4 Å². The smallest absolute Gasteiger partial charge is 0.340 e. The van der Waals surface area contributed by atoms with E-state index in [-0.39, 0.29) is 18.3 Å². The van der Waals surface area contributed by atoms with Crippen LogP contribution in [0.1, 0.15) is 34.2 Å². The van der Waals surface area contributed by atoms with Gasteiger partial charge in [-0.25, -0.2) is 14.8 Å². The first-order chi connectivity index (χ1) is 11.9. The van der Waals surface area contributed by atoms with E-state index in [1.165, 1.54) is 11.8 Å². The molecule has 1 N–H and O–H groups in total. The molecule has 0 atom stereocenters. The van der Waals surface area contributed by atoms with E-state index in [1.54, 1.807) is 31.2 Å². The summed E-state index contributed by atoms with van der Waals surface area (Å²) in [6, 6.07) is 6.77.